The van der Waals surface area contributed by atoms with E-state index in [0.717, 1.165) is 83.2 Å². The van der Waals surface area contributed by atoms with Gasteiger partial charge in [0.25, 0.3) is 0 Å². The molecule has 0 aliphatic carbocycles. The van der Waals surface area contributed by atoms with Crippen molar-refractivity contribution in [2.75, 3.05) is 0 Å². The summed E-state index contributed by atoms with van der Waals surface area (Å²) in [5.41, 5.74) is 9.65. The van der Waals surface area contributed by atoms with E-state index >= 15 is 0 Å². The lowest BCUT2D eigenvalue weighted by molar-refractivity contribution is 1.07. The van der Waals surface area contributed by atoms with Crippen LogP contribution in [-0.4, -0.2) is 29.1 Å². The molecule has 50 heavy (non-hydrogen) atoms. The largest absolute Gasteiger partial charge is 0.292 e. The molecule has 232 valence electrons. The van der Waals surface area contributed by atoms with Crippen LogP contribution in [-0.2, 0) is 0 Å². The number of para-hydroxylation sites is 6. The highest BCUT2D eigenvalue weighted by Gasteiger charge is 2.24. The number of hydrogen-bond acceptors (Lipinski definition) is 4. The Kier molecular flexibility index (Phi) is 5.57. The molecule has 0 N–H and O–H groups in total. The van der Waals surface area contributed by atoms with Gasteiger partial charge in [0.15, 0.2) is 11.6 Å². The van der Waals surface area contributed by atoms with Crippen molar-refractivity contribution in [2.24, 2.45) is 0 Å². The van der Waals surface area contributed by atoms with E-state index in [1.807, 2.05) is 54.7 Å². The van der Waals surface area contributed by atoms with Gasteiger partial charge >= 0.3 is 0 Å². The van der Waals surface area contributed by atoms with Crippen molar-refractivity contribution in [3.05, 3.63) is 158 Å². The summed E-state index contributed by atoms with van der Waals surface area (Å²) in [4.78, 5) is 20.6. The second-order valence-corrected chi connectivity index (χ2v) is 12.7. The van der Waals surface area contributed by atoms with Crippen LogP contribution >= 0.6 is 0 Å². The molecule has 0 atom stereocenters. The van der Waals surface area contributed by atoms with Gasteiger partial charge in [-0.3, -0.25) is 14.1 Å². The van der Waals surface area contributed by atoms with E-state index < -0.39 is 0 Å². The van der Waals surface area contributed by atoms with Gasteiger partial charge in [-0.1, -0.05) is 103 Å². The molecule has 11 rings (SSSR count). The first-order valence-corrected chi connectivity index (χ1v) is 16.7. The smallest absolute Gasteiger partial charge is 0.165 e. The zero-order valence-corrected chi connectivity index (χ0v) is 26.7. The van der Waals surface area contributed by atoms with E-state index in [2.05, 4.69) is 112 Å². The highest BCUT2D eigenvalue weighted by molar-refractivity contribution is 6.29. The minimum absolute atomic E-state index is 0.789. The Labute approximate surface area is 285 Å². The molecule has 0 amide bonds. The lowest BCUT2D eigenvalue weighted by atomic mass is 10.0. The molecule has 0 spiro atoms. The maximum Gasteiger partial charge on any atom is 0.165 e. The molecule has 7 aromatic carbocycles. The van der Waals surface area contributed by atoms with Crippen LogP contribution in [0.15, 0.2) is 158 Å². The first-order chi connectivity index (χ1) is 24.8. The monoisotopic (exact) mass is 638 g/mol. The first kappa shape index (κ1) is 27.1. The van der Waals surface area contributed by atoms with Crippen LogP contribution in [0.3, 0.4) is 0 Å². The number of fused-ring (bicyclic) bond motifs is 10. The van der Waals surface area contributed by atoms with E-state index in [1.54, 1.807) is 0 Å². The van der Waals surface area contributed by atoms with Gasteiger partial charge in [0.2, 0.25) is 0 Å². The summed E-state index contributed by atoms with van der Waals surface area (Å²) in [7, 11) is 0. The van der Waals surface area contributed by atoms with Gasteiger partial charge in [-0.05, 0) is 59.3 Å². The number of nitrogens with zero attached hydrogens (tertiary/aromatic N) is 6. The first-order valence-electron chi connectivity index (χ1n) is 16.7. The topological polar surface area (TPSA) is 61.4 Å². The number of benzene rings is 7. The van der Waals surface area contributed by atoms with Crippen molar-refractivity contribution in [1.29, 1.82) is 0 Å². The maximum absolute atomic E-state index is 5.40. The summed E-state index contributed by atoms with van der Waals surface area (Å²) in [6.45, 7) is 0. The highest BCUT2D eigenvalue weighted by Crippen LogP contribution is 2.43. The Morgan fingerprint density at radius 3 is 1.66 bits per heavy atom. The fraction of sp³-hybridized carbons (Fsp3) is 0. The van der Waals surface area contributed by atoms with Crippen molar-refractivity contribution >= 4 is 76.5 Å². The molecule has 0 radical (unpaired) electrons. The molecule has 0 aliphatic rings. The summed E-state index contributed by atoms with van der Waals surface area (Å²) in [5, 5.41) is 6.95. The van der Waals surface area contributed by atoms with Gasteiger partial charge in [-0.15, -0.1) is 0 Å². The van der Waals surface area contributed by atoms with E-state index in [9.17, 15) is 0 Å². The molecule has 4 heterocycles. The second-order valence-electron chi connectivity index (χ2n) is 12.7. The van der Waals surface area contributed by atoms with Crippen LogP contribution in [0.2, 0.25) is 0 Å². The van der Waals surface area contributed by atoms with Gasteiger partial charge in [0.05, 0.1) is 50.3 Å². The van der Waals surface area contributed by atoms with Gasteiger partial charge in [0, 0.05) is 27.1 Å². The standard InChI is InChI=1S/C44H26N6/c1-2-14-28-27(12-1)13-11-17-29(28)43-44(48-35-21-8-7-20-34(35)47-43)50-37-23-10-4-16-31(37)42-39(50)25-24-38-41(42)30-15-3-9-22-36(30)49(38)40-26-45-32-18-5-6-19-33(32)46-40/h1-26H. The Morgan fingerprint density at radius 1 is 0.380 bits per heavy atom. The molecule has 4 aromatic heterocycles. The lowest BCUT2D eigenvalue weighted by Crippen LogP contribution is -2.04. The average Bonchev–Trinajstić information content (AvgIpc) is 3.70. The summed E-state index contributed by atoms with van der Waals surface area (Å²) >= 11 is 0. The Balaban J connectivity index is 1.29. The third kappa shape index (κ3) is 3.78. The third-order valence-corrected chi connectivity index (χ3v) is 9.95. The van der Waals surface area contributed by atoms with Crippen LogP contribution in [0.25, 0.3) is 99.3 Å². The minimum atomic E-state index is 0.789. The van der Waals surface area contributed by atoms with E-state index in [-0.39, 0.29) is 0 Å². The van der Waals surface area contributed by atoms with Gasteiger partial charge in [-0.25, -0.2) is 15.0 Å². The third-order valence-electron chi connectivity index (χ3n) is 9.95. The molecule has 6 nitrogen and oxygen atoms in total. The summed E-state index contributed by atoms with van der Waals surface area (Å²) in [5.74, 6) is 1.59. The molecule has 0 bridgehead atoms. The van der Waals surface area contributed by atoms with Crippen molar-refractivity contribution in [3.63, 3.8) is 0 Å². The predicted octanol–water partition coefficient (Wildman–Crippen LogP) is 10.6. The molecule has 0 saturated heterocycles. The maximum atomic E-state index is 5.40. The molecular formula is C44H26N6. The lowest BCUT2D eigenvalue weighted by Gasteiger charge is -2.15. The normalized spacial score (nSPS) is 12.0. The van der Waals surface area contributed by atoms with Crippen molar-refractivity contribution in [3.8, 4) is 22.9 Å². The fourth-order valence-electron chi connectivity index (χ4n) is 7.81. The molecule has 6 heteroatoms. The van der Waals surface area contributed by atoms with Crippen molar-refractivity contribution in [1.82, 2.24) is 29.1 Å². The highest BCUT2D eigenvalue weighted by atomic mass is 15.1. The van der Waals surface area contributed by atoms with Crippen LogP contribution in [0.5, 0.6) is 0 Å². The second kappa shape index (κ2) is 10.3. The summed E-state index contributed by atoms with van der Waals surface area (Å²) in [6, 6.07) is 52.8. The van der Waals surface area contributed by atoms with E-state index in [4.69, 9.17) is 19.9 Å². The number of rotatable bonds is 3. The van der Waals surface area contributed by atoms with Gasteiger partial charge in [0.1, 0.15) is 5.69 Å². The number of aromatic nitrogens is 6. The number of hydrogen-bond donors (Lipinski definition) is 0. The molecule has 0 aliphatic heterocycles. The van der Waals surface area contributed by atoms with Crippen LogP contribution in [0.1, 0.15) is 0 Å². The Bertz CT molecular complexity index is 3170. The zero-order valence-electron chi connectivity index (χ0n) is 26.7. The van der Waals surface area contributed by atoms with Crippen LogP contribution in [0.4, 0.5) is 0 Å². The molecule has 0 saturated carbocycles. The molecule has 11 aromatic rings. The molecule has 0 unspecified atom stereocenters. The fourth-order valence-corrected chi connectivity index (χ4v) is 7.81. The minimum Gasteiger partial charge on any atom is -0.292 e. The summed E-state index contributed by atoms with van der Waals surface area (Å²) < 4.78 is 4.55. The Morgan fingerprint density at radius 2 is 0.920 bits per heavy atom. The van der Waals surface area contributed by atoms with E-state index in [0.29, 0.717) is 0 Å². The predicted molar refractivity (Wildman–Crippen MR) is 204 cm³/mol. The SMILES string of the molecule is c1ccc2c(-c3nc4ccccc4nc3-n3c4ccccc4c4c5c6ccccc6n(-c6cnc7ccccc7n6)c5ccc43)cccc2c1. The van der Waals surface area contributed by atoms with Crippen LogP contribution < -0.4 is 0 Å². The quantitative estimate of drug-likeness (QED) is 0.193. The van der Waals surface area contributed by atoms with Crippen LogP contribution in [0, 0.1) is 0 Å². The zero-order chi connectivity index (χ0) is 32.8. The van der Waals surface area contributed by atoms with Gasteiger partial charge in [-0.2, -0.15) is 0 Å². The van der Waals surface area contributed by atoms with Crippen molar-refractivity contribution in [2.45, 2.75) is 0 Å². The summed E-state index contributed by atoms with van der Waals surface area (Å²) in [6.07, 6.45) is 1.88. The van der Waals surface area contributed by atoms with Gasteiger partial charge < -0.3 is 0 Å². The Hall–Kier alpha value is -6.92. The molecular weight excluding hydrogens is 613 g/mol. The average molecular weight is 639 g/mol. The molecule has 0 fully saturated rings. The van der Waals surface area contributed by atoms with E-state index in [1.165, 1.54) is 16.2 Å². The van der Waals surface area contributed by atoms with Crippen molar-refractivity contribution < 1.29 is 0 Å².